The van der Waals surface area contributed by atoms with Gasteiger partial charge in [0.2, 0.25) is 11.8 Å². The molecule has 1 aliphatic heterocycles. The first-order valence-corrected chi connectivity index (χ1v) is 13.9. The van der Waals surface area contributed by atoms with Crippen molar-refractivity contribution in [2.75, 3.05) is 18.1 Å². The summed E-state index contributed by atoms with van der Waals surface area (Å²) in [4.78, 5) is 30.1. The molecule has 0 spiro atoms. The molecule has 4 aromatic rings. The number of fused-ring (bicyclic) bond motifs is 2. The number of carbonyl (C=O) groups is 2. The highest BCUT2D eigenvalue weighted by atomic mass is 16.6. The van der Waals surface area contributed by atoms with Crippen molar-refractivity contribution in [3.8, 4) is 11.5 Å². The Morgan fingerprint density at radius 1 is 0.975 bits per heavy atom. The van der Waals surface area contributed by atoms with E-state index in [0.29, 0.717) is 35.9 Å². The van der Waals surface area contributed by atoms with Crippen LogP contribution in [0.2, 0.25) is 0 Å². The number of benzene rings is 3. The Balaban J connectivity index is 1.44. The Morgan fingerprint density at radius 3 is 2.55 bits per heavy atom. The molecule has 1 aromatic heterocycles. The molecule has 40 heavy (non-hydrogen) atoms. The van der Waals surface area contributed by atoms with Crippen LogP contribution in [-0.2, 0) is 16.1 Å². The maximum absolute atomic E-state index is 14.3. The predicted molar refractivity (Wildman–Crippen MR) is 151 cm³/mol. The number of hydrogen-bond donors (Lipinski definition) is 1. The molecule has 6 rings (SSSR count). The SMILES string of the molecule is Cc1ccccc1[C@H](C(=O)NC1CCCCC1)N(C(=O)Cn1nnc2ccccc21)c1ccc2c(c1)OCCO2. The Labute approximate surface area is 233 Å². The second kappa shape index (κ2) is 11.4. The van der Waals surface area contributed by atoms with Crippen molar-refractivity contribution in [2.24, 2.45) is 0 Å². The van der Waals surface area contributed by atoms with Gasteiger partial charge in [0.15, 0.2) is 11.5 Å². The number of nitrogens with zero attached hydrogens (tertiary/aromatic N) is 4. The predicted octanol–water partition coefficient (Wildman–Crippen LogP) is 4.73. The molecule has 0 bridgehead atoms. The van der Waals surface area contributed by atoms with Crippen molar-refractivity contribution >= 4 is 28.5 Å². The summed E-state index contributed by atoms with van der Waals surface area (Å²) in [5, 5.41) is 11.7. The van der Waals surface area contributed by atoms with Gasteiger partial charge in [-0.3, -0.25) is 14.5 Å². The molecule has 1 aliphatic carbocycles. The lowest BCUT2D eigenvalue weighted by Crippen LogP contribution is -2.48. The number of anilines is 1. The molecule has 206 valence electrons. The third kappa shape index (κ3) is 5.23. The molecular formula is C31H33N5O4. The van der Waals surface area contributed by atoms with E-state index in [0.717, 1.165) is 42.3 Å². The largest absolute Gasteiger partial charge is 0.486 e. The first-order chi connectivity index (χ1) is 19.6. The second-order valence-corrected chi connectivity index (χ2v) is 10.4. The maximum atomic E-state index is 14.3. The molecule has 1 saturated carbocycles. The van der Waals surface area contributed by atoms with Gasteiger partial charge in [-0.05, 0) is 55.2 Å². The lowest BCUT2D eigenvalue weighted by molar-refractivity contribution is -0.127. The Kier molecular flexibility index (Phi) is 7.35. The molecule has 1 fully saturated rings. The lowest BCUT2D eigenvalue weighted by atomic mass is 9.93. The summed E-state index contributed by atoms with van der Waals surface area (Å²) in [5.41, 5.74) is 3.69. The van der Waals surface area contributed by atoms with Crippen molar-refractivity contribution in [1.82, 2.24) is 20.3 Å². The summed E-state index contributed by atoms with van der Waals surface area (Å²) >= 11 is 0. The monoisotopic (exact) mass is 539 g/mol. The van der Waals surface area contributed by atoms with Crippen LogP contribution in [0.3, 0.4) is 0 Å². The van der Waals surface area contributed by atoms with Crippen LogP contribution in [0.4, 0.5) is 5.69 Å². The van der Waals surface area contributed by atoms with Crippen molar-refractivity contribution in [3.63, 3.8) is 0 Å². The Bertz CT molecular complexity index is 1530. The molecule has 2 heterocycles. The number of carbonyl (C=O) groups excluding carboxylic acids is 2. The molecule has 0 radical (unpaired) electrons. The summed E-state index contributed by atoms with van der Waals surface area (Å²) in [6, 6.07) is 19.8. The third-order valence-corrected chi connectivity index (χ3v) is 7.72. The quantitative estimate of drug-likeness (QED) is 0.365. The number of rotatable bonds is 7. The van der Waals surface area contributed by atoms with Gasteiger partial charge < -0.3 is 14.8 Å². The van der Waals surface area contributed by atoms with Crippen molar-refractivity contribution in [2.45, 2.75) is 57.7 Å². The number of amides is 2. The van der Waals surface area contributed by atoms with E-state index in [1.54, 1.807) is 21.7 Å². The molecule has 0 saturated heterocycles. The van der Waals surface area contributed by atoms with Crippen LogP contribution in [0.5, 0.6) is 11.5 Å². The molecule has 3 aromatic carbocycles. The fraction of sp³-hybridized carbons (Fsp3) is 0.355. The number of aryl methyl sites for hydroxylation is 1. The fourth-order valence-corrected chi connectivity index (χ4v) is 5.68. The molecule has 2 amide bonds. The van der Waals surface area contributed by atoms with Crippen molar-refractivity contribution in [1.29, 1.82) is 0 Å². The number of para-hydroxylation sites is 1. The Hall–Kier alpha value is -4.40. The summed E-state index contributed by atoms with van der Waals surface area (Å²) < 4.78 is 13.2. The normalized spacial score (nSPS) is 15.9. The standard InChI is InChI=1S/C31H33N5O4/c1-21-9-5-6-12-24(21)30(31(38)32-22-10-3-2-4-11-22)36(23-15-16-27-28(19-23)40-18-17-39-27)29(37)20-35-26-14-8-7-13-25(26)33-34-35/h5-9,12-16,19,22,30H,2-4,10-11,17-18,20H2,1H3,(H,32,38)/t30-/m1/s1. The zero-order chi connectivity index (χ0) is 27.5. The number of nitrogens with one attached hydrogen (secondary N) is 1. The van der Waals surface area contributed by atoms with E-state index >= 15 is 0 Å². The van der Waals surface area contributed by atoms with Gasteiger partial charge in [0.1, 0.15) is 31.3 Å². The minimum atomic E-state index is -0.895. The van der Waals surface area contributed by atoms with Gasteiger partial charge >= 0.3 is 0 Å². The molecule has 0 unspecified atom stereocenters. The molecule has 9 heteroatoms. The molecule has 1 N–H and O–H groups in total. The van der Waals surface area contributed by atoms with Gasteiger partial charge in [-0.25, -0.2) is 4.68 Å². The van der Waals surface area contributed by atoms with E-state index in [1.807, 2.05) is 61.5 Å². The summed E-state index contributed by atoms with van der Waals surface area (Å²) in [7, 11) is 0. The molecule has 2 aliphatic rings. The van der Waals surface area contributed by atoms with Crippen LogP contribution in [0.15, 0.2) is 66.7 Å². The number of hydrogen-bond acceptors (Lipinski definition) is 6. The van der Waals surface area contributed by atoms with E-state index < -0.39 is 6.04 Å². The average Bonchev–Trinajstić information content (AvgIpc) is 3.39. The van der Waals surface area contributed by atoms with E-state index in [9.17, 15) is 9.59 Å². The van der Waals surface area contributed by atoms with Gasteiger partial charge in [-0.15, -0.1) is 5.10 Å². The first-order valence-electron chi connectivity index (χ1n) is 13.9. The summed E-state index contributed by atoms with van der Waals surface area (Å²) in [5.74, 6) is 0.667. The molecular weight excluding hydrogens is 506 g/mol. The van der Waals surface area contributed by atoms with Gasteiger partial charge in [0.25, 0.3) is 0 Å². The van der Waals surface area contributed by atoms with Crippen LogP contribution in [0.1, 0.15) is 49.3 Å². The molecule has 9 nitrogen and oxygen atoms in total. The van der Waals surface area contributed by atoms with Gasteiger partial charge in [-0.2, -0.15) is 0 Å². The van der Waals surface area contributed by atoms with E-state index in [1.165, 1.54) is 6.42 Å². The number of aromatic nitrogens is 3. The highest BCUT2D eigenvalue weighted by molar-refractivity contribution is 6.02. The van der Waals surface area contributed by atoms with Crippen LogP contribution >= 0.6 is 0 Å². The van der Waals surface area contributed by atoms with Gasteiger partial charge in [0, 0.05) is 17.8 Å². The van der Waals surface area contributed by atoms with Crippen molar-refractivity contribution < 1.29 is 19.1 Å². The molecule has 1 atom stereocenters. The summed E-state index contributed by atoms with van der Waals surface area (Å²) in [6.45, 7) is 2.75. The average molecular weight is 540 g/mol. The smallest absolute Gasteiger partial charge is 0.249 e. The first kappa shape index (κ1) is 25.9. The van der Waals surface area contributed by atoms with Crippen molar-refractivity contribution in [3.05, 3.63) is 77.9 Å². The fourth-order valence-electron chi connectivity index (χ4n) is 5.68. The van der Waals surface area contributed by atoms with Gasteiger partial charge in [0.05, 0.1) is 5.52 Å². The zero-order valence-electron chi connectivity index (χ0n) is 22.6. The topological polar surface area (TPSA) is 98.6 Å². The van der Waals surface area contributed by atoms with E-state index in [4.69, 9.17) is 9.47 Å². The third-order valence-electron chi connectivity index (χ3n) is 7.72. The van der Waals surface area contributed by atoms with Gasteiger partial charge in [-0.1, -0.05) is 60.9 Å². The van der Waals surface area contributed by atoms with Crippen LogP contribution in [-0.4, -0.2) is 46.1 Å². The van der Waals surface area contributed by atoms with Crippen LogP contribution in [0.25, 0.3) is 11.0 Å². The lowest BCUT2D eigenvalue weighted by Gasteiger charge is -2.34. The second-order valence-electron chi connectivity index (χ2n) is 10.4. The maximum Gasteiger partial charge on any atom is 0.249 e. The minimum Gasteiger partial charge on any atom is -0.486 e. The highest BCUT2D eigenvalue weighted by Gasteiger charge is 2.36. The Morgan fingerprint density at radius 2 is 1.73 bits per heavy atom. The van der Waals surface area contributed by atoms with E-state index in [-0.39, 0.29) is 24.4 Å². The van der Waals surface area contributed by atoms with E-state index in [2.05, 4.69) is 15.6 Å². The van der Waals surface area contributed by atoms with Crippen LogP contribution < -0.4 is 19.7 Å². The summed E-state index contributed by atoms with van der Waals surface area (Å²) in [6.07, 6.45) is 5.24. The zero-order valence-corrected chi connectivity index (χ0v) is 22.6. The van der Waals surface area contributed by atoms with Crippen LogP contribution in [0, 0.1) is 6.92 Å². The minimum absolute atomic E-state index is 0.0873. The highest BCUT2D eigenvalue weighted by Crippen LogP contribution is 2.38. The number of ether oxygens (including phenoxy) is 2.